The van der Waals surface area contributed by atoms with E-state index in [-0.39, 0.29) is 25.3 Å². The predicted octanol–water partition coefficient (Wildman–Crippen LogP) is 3.62. The van der Waals surface area contributed by atoms with Crippen LogP contribution in [-0.4, -0.2) is 83.9 Å². The lowest BCUT2D eigenvalue weighted by Crippen LogP contribution is -2.56. The molecule has 2 fully saturated rings. The van der Waals surface area contributed by atoms with Crippen molar-refractivity contribution in [2.45, 2.75) is 95.0 Å². The molecule has 1 aromatic carbocycles. The van der Waals surface area contributed by atoms with Crippen molar-refractivity contribution in [3.05, 3.63) is 40.9 Å². The maximum absolute atomic E-state index is 14.1. The van der Waals surface area contributed by atoms with E-state index in [1.54, 1.807) is 20.8 Å². The molecule has 236 valence electrons. The second-order valence-electron chi connectivity index (χ2n) is 12.7. The second-order valence-corrected chi connectivity index (χ2v) is 13.6. The van der Waals surface area contributed by atoms with Gasteiger partial charge in [-0.1, -0.05) is 40.9 Å². The lowest BCUT2D eigenvalue weighted by Gasteiger charge is -2.30. The largest absolute Gasteiger partial charge is 0.479 e. The molecule has 1 aliphatic carbocycles. The predicted molar refractivity (Wildman–Crippen MR) is 162 cm³/mol. The van der Waals surface area contributed by atoms with Crippen LogP contribution in [0.4, 0.5) is 4.79 Å². The van der Waals surface area contributed by atoms with E-state index in [0.29, 0.717) is 18.7 Å². The summed E-state index contributed by atoms with van der Waals surface area (Å²) in [6.07, 6.45) is 6.94. The van der Waals surface area contributed by atoms with E-state index in [0.717, 1.165) is 29.3 Å². The summed E-state index contributed by atoms with van der Waals surface area (Å²) >= 11 is 3.41. The third-order valence-electron chi connectivity index (χ3n) is 8.19. The van der Waals surface area contributed by atoms with Gasteiger partial charge in [-0.3, -0.25) is 9.59 Å². The number of carboxylic acid groups (broad SMARTS) is 1. The number of benzene rings is 1. The van der Waals surface area contributed by atoms with Crippen molar-refractivity contribution < 1.29 is 29.0 Å². The quantitative estimate of drug-likeness (QED) is 0.411. The molecule has 5 rings (SSSR count). The minimum Gasteiger partial charge on any atom is -0.479 e. The highest BCUT2D eigenvalue weighted by atomic mass is 79.9. The number of amides is 3. The zero-order chi connectivity index (χ0) is 31.6. The number of aliphatic carboxylic acids is 1. The number of carboxylic acids is 1. The van der Waals surface area contributed by atoms with Gasteiger partial charge in [0.1, 0.15) is 23.2 Å². The Labute approximate surface area is 263 Å². The molecule has 1 saturated heterocycles. The summed E-state index contributed by atoms with van der Waals surface area (Å²) in [6.45, 7) is 5.28. The molecule has 0 bridgehead atoms. The zero-order valence-corrected chi connectivity index (χ0v) is 26.6. The number of tetrazole rings is 1. The third kappa shape index (κ3) is 7.11. The number of alkyl carbamates (subject to hydrolysis) is 1. The fourth-order valence-corrected chi connectivity index (χ4v) is 6.05. The Bertz CT molecular complexity index is 1440. The number of allylic oxidation sites excluding steroid dienone is 1. The van der Waals surface area contributed by atoms with Gasteiger partial charge < -0.3 is 25.4 Å². The Balaban J connectivity index is 1.44. The molecular weight excluding hydrogens is 634 g/mol. The van der Waals surface area contributed by atoms with Crippen LogP contribution in [0.15, 0.2) is 40.9 Å². The molecule has 2 aliphatic heterocycles. The first-order valence-corrected chi connectivity index (χ1v) is 15.7. The van der Waals surface area contributed by atoms with Gasteiger partial charge in [-0.05, 0) is 75.9 Å². The Morgan fingerprint density at radius 2 is 1.91 bits per heavy atom. The van der Waals surface area contributed by atoms with Crippen molar-refractivity contribution in [2.24, 2.45) is 5.92 Å². The van der Waals surface area contributed by atoms with Crippen LogP contribution in [0.5, 0.6) is 0 Å². The summed E-state index contributed by atoms with van der Waals surface area (Å²) in [6, 6.07) is 4.96. The minimum absolute atomic E-state index is 0.0724. The molecule has 1 saturated carbocycles. The molecule has 0 spiro atoms. The summed E-state index contributed by atoms with van der Waals surface area (Å²) in [5, 5.41) is 28.5. The average Bonchev–Trinajstić information content (AvgIpc) is 3.26. The molecule has 2 aromatic rings. The number of halogens is 1. The van der Waals surface area contributed by atoms with Crippen LogP contribution in [0.2, 0.25) is 0 Å². The molecule has 3 heterocycles. The van der Waals surface area contributed by atoms with E-state index >= 15 is 0 Å². The molecule has 14 heteroatoms. The van der Waals surface area contributed by atoms with Gasteiger partial charge in [0.15, 0.2) is 0 Å². The number of hydrogen-bond donors (Lipinski definition) is 3. The lowest BCUT2D eigenvalue weighted by atomic mass is 10.0. The number of carbonyl (C=O) groups is 4. The SMILES string of the molecule is CC(C)(C)OC(=O)N[C@H]1CCCCC/C=C\[C@@H]2C[C@]2(C(=O)O)NC(=O)[C@@H]2C[C@H](n3nnc(-c4ccc(Br)cc4)n3)CN2C1=O. The summed E-state index contributed by atoms with van der Waals surface area (Å²) in [5.41, 5.74) is -1.44. The standard InChI is InChI=1S/C30H38BrN7O6/c1-29(2,3)44-28(43)32-22-10-8-6-4-5-7-9-19-16-30(19,27(41)42)33-25(39)23-15-21(17-37(23)26(22)40)38-35-24(34-36-38)18-11-13-20(31)14-12-18/h7,9,11-14,19,21-23H,4-6,8,10,15-17H2,1-3H3,(H,32,43)(H,33,39)(H,41,42)/b9-7-/t19-,21+,22+,23+,30+/m1/s1. The maximum Gasteiger partial charge on any atom is 0.408 e. The van der Waals surface area contributed by atoms with Crippen LogP contribution in [0.3, 0.4) is 0 Å². The fourth-order valence-electron chi connectivity index (χ4n) is 5.79. The second kappa shape index (κ2) is 12.7. The molecule has 44 heavy (non-hydrogen) atoms. The van der Waals surface area contributed by atoms with E-state index < -0.39 is 53.1 Å². The van der Waals surface area contributed by atoms with Gasteiger partial charge in [0.25, 0.3) is 0 Å². The van der Waals surface area contributed by atoms with Crippen molar-refractivity contribution in [3.8, 4) is 11.4 Å². The fraction of sp³-hybridized carbons (Fsp3) is 0.567. The van der Waals surface area contributed by atoms with Crippen LogP contribution in [0, 0.1) is 5.92 Å². The molecule has 5 atom stereocenters. The maximum atomic E-state index is 14.1. The zero-order valence-electron chi connectivity index (χ0n) is 25.0. The molecule has 0 unspecified atom stereocenters. The van der Waals surface area contributed by atoms with Gasteiger partial charge in [-0.15, -0.1) is 10.2 Å². The Morgan fingerprint density at radius 1 is 1.16 bits per heavy atom. The number of rotatable bonds is 4. The van der Waals surface area contributed by atoms with E-state index in [2.05, 4.69) is 42.0 Å². The van der Waals surface area contributed by atoms with E-state index in [9.17, 15) is 24.3 Å². The highest BCUT2D eigenvalue weighted by Crippen LogP contribution is 2.45. The van der Waals surface area contributed by atoms with Gasteiger partial charge in [-0.2, -0.15) is 4.80 Å². The van der Waals surface area contributed by atoms with Gasteiger partial charge >= 0.3 is 12.1 Å². The first-order chi connectivity index (χ1) is 20.9. The summed E-state index contributed by atoms with van der Waals surface area (Å²) in [5.74, 6) is -2.07. The van der Waals surface area contributed by atoms with Gasteiger partial charge in [0, 0.05) is 28.9 Å². The summed E-state index contributed by atoms with van der Waals surface area (Å²) in [7, 11) is 0. The Morgan fingerprint density at radius 3 is 2.61 bits per heavy atom. The van der Waals surface area contributed by atoms with Crippen molar-refractivity contribution in [1.29, 1.82) is 0 Å². The van der Waals surface area contributed by atoms with Crippen LogP contribution < -0.4 is 10.6 Å². The number of ether oxygens (including phenoxy) is 1. The summed E-state index contributed by atoms with van der Waals surface area (Å²) in [4.78, 5) is 55.8. The van der Waals surface area contributed by atoms with Crippen LogP contribution in [-0.2, 0) is 19.1 Å². The van der Waals surface area contributed by atoms with Crippen molar-refractivity contribution in [1.82, 2.24) is 35.7 Å². The van der Waals surface area contributed by atoms with Gasteiger partial charge in [0.05, 0.1) is 6.04 Å². The van der Waals surface area contributed by atoms with Crippen molar-refractivity contribution >= 4 is 39.8 Å². The van der Waals surface area contributed by atoms with E-state index in [1.807, 2.05) is 36.4 Å². The normalized spacial score (nSPS) is 28.5. The number of fused-ring (bicyclic) bond motifs is 2. The number of aromatic nitrogens is 4. The van der Waals surface area contributed by atoms with Crippen LogP contribution in [0.1, 0.15) is 71.8 Å². The minimum atomic E-state index is -1.42. The van der Waals surface area contributed by atoms with Crippen LogP contribution in [0.25, 0.3) is 11.4 Å². The topological polar surface area (TPSA) is 169 Å². The van der Waals surface area contributed by atoms with E-state index in [1.165, 1.54) is 9.70 Å². The molecule has 1 aromatic heterocycles. The number of hydrogen-bond acceptors (Lipinski definition) is 8. The van der Waals surface area contributed by atoms with Crippen molar-refractivity contribution in [2.75, 3.05) is 6.54 Å². The molecule has 3 aliphatic rings. The Hall–Kier alpha value is -3.81. The molecular formula is C30H38BrN7O6. The Kier molecular flexibility index (Phi) is 9.10. The molecule has 0 radical (unpaired) electrons. The van der Waals surface area contributed by atoms with E-state index in [4.69, 9.17) is 4.74 Å². The first kappa shape index (κ1) is 31.6. The highest BCUT2D eigenvalue weighted by Gasteiger charge is 2.61. The highest BCUT2D eigenvalue weighted by molar-refractivity contribution is 9.10. The summed E-state index contributed by atoms with van der Waals surface area (Å²) < 4.78 is 6.34. The number of nitrogens with one attached hydrogen (secondary N) is 2. The smallest absolute Gasteiger partial charge is 0.408 e. The molecule has 13 nitrogen and oxygen atoms in total. The lowest BCUT2D eigenvalue weighted by molar-refractivity contribution is -0.145. The molecule has 3 N–H and O–H groups in total. The first-order valence-electron chi connectivity index (χ1n) is 14.9. The van der Waals surface area contributed by atoms with Crippen molar-refractivity contribution in [3.63, 3.8) is 0 Å². The van der Waals surface area contributed by atoms with Gasteiger partial charge in [-0.25, -0.2) is 9.59 Å². The monoisotopic (exact) mass is 671 g/mol. The van der Waals surface area contributed by atoms with Gasteiger partial charge in [0.2, 0.25) is 17.6 Å². The molecule has 3 amide bonds. The average molecular weight is 673 g/mol. The number of nitrogens with zero attached hydrogens (tertiary/aromatic N) is 5. The number of carbonyl (C=O) groups excluding carboxylic acids is 3. The third-order valence-corrected chi connectivity index (χ3v) is 8.71. The van der Waals surface area contributed by atoms with Crippen LogP contribution >= 0.6 is 15.9 Å².